The molecule has 3 nitrogen and oxygen atoms in total. The van der Waals surface area contributed by atoms with Gasteiger partial charge in [0.25, 0.3) is 0 Å². The average molecular weight is 269 g/mol. The molecule has 0 spiro atoms. The molecular weight excluding hydrogens is 246 g/mol. The van der Waals surface area contributed by atoms with Crippen LogP contribution in [0.1, 0.15) is 35.7 Å². The fourth-order valence-corrected chi connectivity index (χ4v) is 3.12. The topological polar surface area (TPSA) is 29.9 Å². The van der Waals surface area contributed by atoms with Crippen LogP contribution in [-0.2, 0) is 0 Å². The number of benzene rings is 1. The van der Waals surface area contributed by atoms with Crippen molar-refractivity contribution in [1.82, 2.24) is 15.1 Å². The first kappa shape index (κ1) is 13.4. The van der Waals surface area contributed by atoms with Crippen LogP contribution in [0.15, 0.2) is 24.4 Å². The van der Waals surface area contributed by atoms with Gasteiger partial charge in [0.2, 0.25) is 0 Å². The van der Waals surface area contributed by atoms with Crippen LogP contribution in [0.5, 0.6) is 0 Å². The molecule has 1 aromatic carbocycles. The van der Waals surface area contributed by atoms with Gasteiger partial charge in [0.1, 0.15) is 0 Å². The molecule has 0 bridgehead atoms. The van der Waals surface area contributed by atoms with Gasteiger partial charge in [0.15, 0.2) is 0 Å². The summed E-state index contributed by atoms with van der Waals surface area (Å²) >= 11 is 0. The lowest BCUT2D eigenvalue weighted by Gasteiger charge is -2.22. The molecule has 0 atom stereocenters. The largest absolute Gasteiger partial charge is 0.317 e. The number of nitrogens with one attached hydrogen (secondary N) is 1. The van der Waals surface area contributed by atoms with Crippen LogP contribution in [0.4, 0.5) is 0 Å². The molecule has 2 heterocycles. The van der Waals surface area contributed by atoms with E-state index in [-0.39, 0.29) is 0 Å². The standard InChI is InChI=1S/C17H23N3/c1-12-4-5-16(13(2)10-12)17-11-20(19-14(17)3)15-6-8-18-9-7-15/h4-5,10-11,15,18H,6-9H2,1-3H3. The Bertz CT molecular complexity index is 607. The fraction of sp³-hybridized carbons (Fsp3) is 0.471. The van der Waals surface area contributed by atoms with E-state index in [4.69, 9.17) is 5.10 Å². The molecule has 3 heteroatoms. The Kier molecular flexibility index (Phi) is 3.62. The predicted molar refractivity (Wildman–Crippen MR) is 83.0 cm³/mol. The predicted octanol–water partition coefficient (Wildman–Crippen LogP) is 3.40. The molecule has 1 saturated heterocycles. The summed E-state index contributed by atoms with van der Waals surface area (Å²) in [7, 11) is 0. The van der Waals surface area contributed by atoms with E-state index in [9.17, 15) is 0 Å². The smallest absolute Gasteiger partial charge is 0.0672 e. The van der Waals surface area contributed by atoms with Gasteiger partial charge in [-0.15, -0.1) is 0 Å². The summed E-state index contributed by atoms with van der Waals surface area (Å²) in [6, 6.07) is 7.20. The molecule has 3 rings (SSSR count). The van der Waals surface area contributed by atoms with Crippen LogP contribution < -0.4 is 5.32 Å². The van der Waals surface area contributed by atoms with Gasteiger partial charge < -0.3 is 5.32 Å². The van der Waals surface area contributed by atoms with Crippen molar-refractivity contribution in [3.05, 3.63) is 41.2 Å². The van der Waals surface area contributed by atoms with E-state index in [1.165, 1.54) is 35.1 Å². The first-order valence-corrected chi connectivity index (χ1v) is 7.49. The number of aryl methyl sites for hydroxylation is 3. The van der Waals surface area contributed by atoms with E-state index in [1.807, 2.05) is 0 Å². The van der Waals surface area contributed by atoms with Crippen LogP contribution in [0.2, 0.25) is 0 Å². The molecule has 1 aliphatic rings. The van der Waals surface area contributed by atoms with Crippen LogP contribution in [0.3, 0.4) is 0 Å². The number of nitrogens with zero attached hydrogens (tertiary/aromatic N) is 2. The molecule has 1 aromatic heterocycles. The molecule has 20 heavy (non-hydrogen) atoms. The zero-order valence-corrected chi connectivity index (χ0v) is 12.6. The highest BCUT2D eigenvalue weighted by Gasteiger charge is 2.18. The maximum atomic E-state index is 4.76. The highest BCUT2D eigenvalue weighted by atomic mass is 15.3. The fourth-order valence-electron chi connectivity index (χ4n) is 3.12. The Labute approximate surface area is 121 Å². The Balaban J connectivity index is 1.95. The van der Waals surface area contributed by atoms with Gasteiger partial charge in [-0.05, 0) is 57.8 Å². The first-order chi connectivity index (χ1) is 9.65. The molecule has 0 amide bonds. The molecule has 0 saturated carbocycles. The van der Waals surface area contributed by atoms with E-state index in [0.717, 1.165) is 18.8 Å². The van der Waals surface area contributed by atoms with Crippen molar-refractivity contribution in [2.24, 2.45) is 0 Å². The van der Waals surface area contributed by atoms with E-state index in [2.05, 4.69) is 55.2 Å². The Morgan fingerprint density at radius 3 is 2.55 bits per heavy atom. The molecule has 1 aliphatic heterocycles. The second kappa shape index (κ2) is 5.41. The lowest BCUT2D eigenvalue weighted by molar-refractivity contribution is 0.342. The lowest BCUT2D eigenvalue weighted by Crippen LogP contribution is -2.29. The minimum Gasteiger partial charge on any atom is -0.317 e. The minimum absolute atomic E-state index is 0.550. The SMILES string of the molecule is Cc1ccc(-c2cn(C3CCNCC3)nc2C)c(C)c1. The van der Waals surface area contributed by atoms with E-state index >= 15 is 0 Å². The molecule has 1 N–H and O–H groups in total. The van der Waals surface area contributed by atoms with Crippen LogP contribution in [-0.4, -0.2) is 22.9 Å². The van der Waals surface area contributed by atoms with Crippen LogP contribution in [0, 0.1) is 20.8 Å². The molecule has 0 unspecified atom stereocenters. The van der Waals surface area contributed by atoms with Gasteiger partial charge in [-0.3, -0.25) is 4.68 Å². The molecular formula is C17H23N3. The highest BCUT2D eigenvalue weighted by molar-refractivity contribution is 5.69. The molecule has 0 radical (unpaired) electrons. The summed E-state index contributed by atoms with van der Waals surface area (Å²) < 4.78 is 2.19. The van der Waals surface area contributed by atoms with Crippen molar-refractivity contribution >= 4 is 0 Å². The summed E-state index contributed by atoms with van der Waals surface area (Å²) in [5.41, 5.74) is 6.37. The monoisotopic (exact) mass is 269 g/mol. The van der Waals surface area contributed by atoms with Gasteiger partial charge in [0, 0.05) is 11.8 Å². The average Bonchev–Trinajstić information content (AvgIpc) is 2.82. The van der Waals surface area contributed by atoms with Crippen molar-refractivity contribution in [3.63, 3.8) is 0 Å². The third-order valence-corrected chi connectivity index (χ3v) is 4.27. The second-order valence-electron chi connectivity index (χ2n) is 5.91. The normalized spacial score (nSPS) is 16.6. The van der Waals surface area contributed by atoms with Crippen molar-refractivity contribution in [2.45, 2.75) is 39.7 Å². The summed E-state index contributed by atoms with van der Waals surface area (Å²) in [6.07, 6.45) is 4.59. The number of rotatable bonds is 2. The van der Waals surface area contributed by atoms with Crippen LogP contribution in [0.25, 0.3) is 11.1 Å². The van der Waals surface area contributed by atoms with E-state index in [0.29, 0.717) is 6.04 Å². The van der Waals surface area contributed by atoms with E-state index in [1.54, 1.807) is 0 Å². The lowest BCUT2D eigenvalue weighted by atomic mass is 9.99. The Morgan fingerprint density at radius 1 is 1.10 bits per heavy atom. The van der Waals surface area contributed by atoms with Gasteiger partial charge in [-0.1, -0.05) is 23.8 Å². The van der Waals surface area contributed by atoms with Crippen LogP contribution >= 0.6 is 0 Å². The second-order valence-corrected chi connectivity index (χ2v) is 5.91. The van der Waals surface area contributed by atoms with Gasteiger partial charge >= 0.3 is 0 Å². The van der Waals surface area contributed by atoms with Gasteiger partial charge in [-0.25, -0.2) is 0 Å². The number of hydrogen-bond acceptors (Lipinski definition) is 2. The van der Waals surface area contributed by atoms with Gasteiger partial charge in [-0.2, -0.15) is 5.10 Å². The van der Waals surface area contributed by atoms with E-state index < -0.39 is 0 Å². The van der Waals surface area contributed by atoms with Gasteiger partial charge in [0.05, 0.1) is 11.7 Å². The third kappa shape index (κ3) is 2.50. The summed E-state index contributed by atoms with van der Waals surface area (Å²) in [5, 5.41) is 8.17. The van der Waals surface area contributed by atoms with Crippen molar-refractivity contribution < 1.29 is 0 Å². The number of piperidine rings is 1. The Hall–Kier alpha value is -1.61. The molecule has 0 aliphatic carbocycles. The maximum absolute atomic E-state index is 4.76. The zero-order valence-electron chi connectivity index (χ0n) is 12.6. The summed E-state index contributed by atoms with van der Waals surface area (Å²) in [6.45, 7) is 8.64. The quantitative estimate of drug-likeness (QED) is 0.905. The summed E-state index contributed by atoms with van der Waals surface area (Å²) in [5.74, 6) is 0. The molecule has 106 valence electrons. The highest BCUT2D eigenvalue weighted by Crippen LogP contribution is 2.29. The summed E-state index contributed by atoms with van der Waals surface area (Å²) in [4.78, 5) is 0. The number of hydrogen-bond donors (Lipinski definition) is 1. The molecule has 2 aromatic rings. The maximum Gasteiger partial charge on any atom is 0.0672 e. The minimum atomic E-state index is 0.550. The first-order valence-electron chi connectivity index (χ1n) is 7.49. The number of aromatic nitrogens is 2. The van der Waals surface area contributed by atoms with Crippen molar-refractivity contribution in [3.8, 4) is 11.1 Å². The third-order valence-electron chi connectivity index (χ3n) is 4.27. The zero-order chi connectivity index (χ0) is 14.1. The molecule has 1 fully saturated rings. The Morgan fingerprint density at radius 2 is 1.85 bits per heavy atom. The van der Waals surface area contributed by atoms with Crippen molar-refractivity contribution in [1.29, 1.82) is 0 Å². The van der Waals surface area contributed by atoms with Crippen molar-refractivity contribution in [2.75, 3.05) is 13.1 Å².